The zero-order valence-corrected chi connectivity index (χ0v) is 23.2. The van der Waals surface area contributed by atoms with E-state index >= 15 is 0 Å². The summed E-state index contributed by atoms with van der Waals surface area (Å²) in [5.41, 5.74) is 9.18. The molecule has 0 bridgehead atoms. The summed E-state index contributed by atoms with van der Waals surface area (Å²) >= 11 is 0. The fraction of sp³-hybridized carbons (Fsp3) is 0. The van der Waals surface area contributed by atoms with Crippen molar-refractivity contribution in [3.63, 3.8) is 0 Å². The topological polar surface area (TPSA) is 56.5 Å². The number of hydrogen-bond donors (Lipinski definition) is 0. The van der Waals surface area contributed by atoms with Gasteiger partial charge < -0.3 is 4.57 Å². The van der Waals surface area contributed by atoms with Gasteiger partial charge in [-0.15, -0.1) is 0 Å². The Morgan fingerprint density at radius 3 is 1.49 bits per heavy atom. The van der Waals surface area contributed by atoms with Crippen LogP contribution in [0, 0.1) is 0 Å². The second-order valence-corrected chi connectivity index (χ2v) is 10.4. The maximum absolute atomic E-state index is 5.02. The zero-order chi connectivity index (χ0) is 28.6. The first-order chi connectivity index (χ1) is 21.3. The van der Waals surface area contributed by atoms with Crippen LogP contribution in [0.4, 0.5) is 0 Å². The average molecular weight is 552 g/mol. The van der Waals surface area contributed by atoms with Gasteiger partial charge in [0.15, 0.2) is 11.6 Å². The molecule has 0 fully saturated rings. The Labute approximate surface area is 248 Å². The molecule has 5 nitrogen and oxygen atoms in total. The molecule has 5 heteroatoms. The second-order valence-electron chi connectivity index (χ2n) is 10.4. The molecule has 0 saturated carbocycles. The lowest BCUT2D eigenvalue weighted by Crippen LogP contribution is -1.97. The Bertz CT molecular complexity index is 2150. The molecule has 8 rings (SSSR count). The molecule has 0 radical (unpaired) electrons. The third-order valence-electron chi connectivity index (χ3n) is 7.76. The molecule has 0 aliphatic carbocycles. The van der Waals surface area contributed by atoms with E-state index in [9.17, 15) is 0 Å². The van der Waals surface area contributed by atoms with E-state index < -0.39 is 0 Å². The first-order valence-corrected chi connectivity index (χ1v) is 14.2. The van der Waals surface area contributed by atoms with Crippen molar-refractivity contribution in [1.82, 2.24) is 24.5 Å². The van der Waals surface area contributed by atoms with Crippen molar-refractivity contribution in [2.45, 2.75) is 0 Å². The predicted molar refractivity (Wildman–Crippen MR) is 174 cm³/mol. The first kappa shape index (κ1) is 24.8. The molecule has 0 spiro atoms. The van der Waals surface area contributed by atoms with E-state index in [-0.39, 0.29) is 0 Å². The monoisotopic (exact) mass is 551 g/mol. The quantitative estimate of drug-likeness (QED) is 0.214. The summed E-state index contributed by atoms with van der Waals surface area (Å²) in [4.78, 5) is 18.8. The van der Waals surface area contributed by atoms with E-state index in [1.54, 1.807) is 12.4 Å². The van der Waals surface area contributed by atoms with Crippen molar-refractivity contribution < 1.29 is 0 Å². The molecule has 0 aliphatic rings. The summed E-state index contributed by atoms with van der Waals surface area (Å²) in [6.07, 6.45) is 3.51. The van der Waals surface area contributed by atoms with Gasteiger partial charge in [-0.3, -0.25) is 0 Å². The zero-order valence-electron chi connectivity index (χ0n) is 23.2. The van der Waals surface area contributed by atoms with Crippen molar-refractivity contribution in [2.75, 3.05) is 0 Å². The van der Waals surface area contributed by atoms with E-state index in [0.29, 0.717) is 11.6 Å². The molecule has 8 aromatic rings. The van der Waals surface area contributed by atoms with Crippen LogP contribution in [0.15, 0.2) is 152 Å². The number of rotatable bonds is 5. The molecule has 202 valence electrons. The molecule has 0 atom stereocenters. The van der Waals surface area contributed by atoms with Crippen LogP contribution in [0.3, 0.4) is 0 Å². The molecule has 43 heavy (non-hydrogen) atoms. The van der Waals surface area contributed by atoms with Crippen LogP contribution in [0.25, 0.3) is 72.8 Å². The smallest absolute Gasteiger partial charge is 0.160 e. The summed E-state index contributed by atoms with van der Waals surface area (Å²) in [6, 6.07) is 48.0. The molecule has 0 aliphatic heterocycles. The molecule has 0 unspecified atom stereocenters. The van der Waals surface area contributed by atoms with Gasteiger partial charge in [0, 0.05) is 51.1 Å². The highest BCUT2D eigenvalue weighted by molar-refractivity contribution is 6.09. The Kier molecular flexibility index (Phi) is 6.05. The minimum atomic E-state index is 0.690. The van der Waals surface area contributed by atoms with E-state index in [4.69, 9.17) is 9.97 Å². The normalized spacial score (nSPS) is 11.3. The van der Waals surface area contributed by atoms with E-state index in [1.807, 2.05) is 48.5 Å². The molecular weight excluding hydrogens is 526 g/mol. The van der Waals surface area contributed by atoms with Gasteiger partial charge in [0.05, 0.1) is 22.4 Å². The maximum Gasteiger partial charge on any atom is 0.160 e. The van der Waals surface area contributed by atoms with Crippen LogP contribution in [-0.4, -0.2) is 24.5 Å². The third kappa shape index (κ3) is 4.53. The van der Waals surface area contributed by atoms with Gasteiger partial charge in [-0.25, -0.2) is 19.9 Å². The van der Waals surface area contributed by atoms with Crippen molar-refractivity contribution >= 4 is 21.8 Å². The van der Waals surface area contributed by atoms with Gasteiger partial charge in [-0.05, 0) is 36.4 Å². The second kappa shape index (κ2) is 10.5. The van der Waals surface area contributed by atoms with E-state index in [1.165, 1.54) is 21.8 Å². The molecule has 3 heterocycles. The average Bonchev–Trinajstić information content (AvgIpc) is 3.43. The summed E-state index contributed by atoms with van der Waals surface area (Å²) in [7, 11) is 0. The lowest BCUT2D eigenvalue weighted by molar-refractivity contribution is 1.17. The maximum atomic E-state index is 5.02. The summed E-state index contributed by atoms with van der Waals surface area (Å²) in [6.45, 7) is 0. The van der Waals surface area contributed by atoms with Crippen molar-refractivity contribution in [3.8, 4) is 51.0 Å². The third-order valence-corrected chi connectivity index (χ3v) is 7.76. The van der Waals surface area contributed by atoms with Gasteiger partial charge in [-0.1, -0.05) is 103 Å². The van der Waals surface area contributed by atoms with Gasteiger partial charge in [0.2, 0.25) is 0 Å². The van der Waals surface area contributed by atoms with Crippen molar-refractivity contribution in [3.05, 3.63) is 152 Å². The number of nitrogens with zero attached hydrogens (tertiary/aromatic N) is 5. The molecule has 5 aromatic carbocycles. The van der Waals surface area contributed by atoms with E-state index in [0.717, 1.165) is 39.3 Å². The Balaban J connectivity index is 1.22. The minimum Gasteiger partial charge on any atom is -0.309 e. The van der Waals surface area contributed by atoms with E-state index in [2.05, 4.69) is 106 Å². The molecule has 0 N–H and O–H groups in total. The van der Waals surface area contributed by atoms with Crippen LogP contribution in [0.2, 0.25) is 0 Å². The number of aromatic nitrogens is 5. The fourth-order valence-corrected chi connectivity index (χ4v) is 5.68. The largest absolute Gasteiger partial charge is 0.309 e. The van der Waals surface area contributed by atoms with Gasteiger partial charge >= 0.3 is 0 Å². The highest BCUT2D eigenvalue weighted by atomic mass is 15.0. The van der Waals surface area contributed by atoms with Crippen molar-refractivity contribution in [1.29, 1.82) is 0 Å². The van der Waals surface area contributed by atoms with Crippen molar-refractivity contribution in [2.24, 2.45) is 0 Å². The van der Waals surface area contributed by atoms with Gasteiger partial charge in [0.1, 0.15) is 0 Å². The number of fused-ring (bicyclic) bond motifs is 3. The molecule has 0 amide bonds. The SMILES string of the molecule is c1ccc(-c2nc(-c3ccc(-c4ncccn4)cc3)cc(-c3ccc(-n4c5ccccc5c5ccccc54)cc3)n2)cc1. The summed E-state index contributed by atoms with van der Waals surface area (Å²) < 4.78 is 2.33. The fourth-order valence-electron chi connectivity index (χ4n) is 5.68. The number of benzene rings is 5. The Morgan fingerprint density at radius 1 is 0.395 bits per heavy atom. The molecular formula is C38H25N5. The highest BCUT2D eigenvalue weighted by Crippen LogP contribution is 2.33. The Morgan fingerprint density at radius 2 is 0.884 bits per heavy atom. The highest BCUT2D eigenvalue weighted by Gasteiger charge is 2.14. The summed E-state index contributed by atoms with van der Waals surface area (Å²) in [5.74, 6) is 1.39. The van der Waals surface area contributed by atoms with Crippen LogP contribution in [0.1, 0.15) is 0 Å². The lowest BCUT2D eigenvalue weighted by atomic mass is 10.0. The molecule has 3 aromatic heterocycles. The lowest BCUT2D eigenvalue weighted by Gasteiger charge is -2.11. The van der Waals surface area contributed by atoms with Gasteiger partial charge in [0.25, 0.3) is 0 Å². The number of hydrogen-bond acceptors (Lipinski definition) is 4. The molecule has 0 saturated heterocycles. The Hall–Kier alpha value is -5.94. The predicted octanol–water partition coefficient (Wildman–Crippen LogP) is 9.03. The van der Waals surface area contributed by atoms with Crippen LogP contribution in [-0.2, 0) is 0 Å². The van der Waals surface area contributed by atoms with Gasteiger partial charge in [-0.2, -0.15) is 0 Å². The first-order valence-electron chi connectivity index (χ1n) is 14.2. The van der Waals surface area contributed by atoms with Crippen LogP contribution < -0.4 is 0 Å². The van der Waals surface area contributed by atoms with Crippen LogP contribution in [0.5, 0.6) is 0 Å². The van der Waals surface area contributed by atoms with Crippen LogP contribution >= 0.6 is 0 Å². The minimum absolute atomic E-state index is 0.690. The number of para-hydroxylation sites is 2. The standard InChI is InChI=1S/C38H25N5/c1-2-9-28(10-3-1)38-41-33(26-15-17-29(18-16-26)37-39-23-8-24-40-37)25-34(42-38)27-19-21-30(22-20-27)43-35-13-6-4-11-31(35)32-12-5-7-14-36(32)43/h1-25H. The summed E-state index contributed by atoms with van der Waals surface area (Å²) in [5, 5.41) is 2.50.